The van der Waals surface area contributed by atoms with Gasteiger partial charge in [-0.3, -0.25) is 0 Å². The van der Waals surface area contributed by atoms with Crippen molar-refractivity contribution in [2.24, 2.45) is 0 Å². The van der Waals surface area contributed by atoms with Crippen LogP contribution in [-0.2, 0) is 9.53 Å². The predicted octanol–water partition coefficient (Wildman–Crippen LogP) is 2.50. The second-order valence-corrected chi connectivity index (χ2v) is 4.88. The molecule has 2 N–H and O–H groups in total. The fourth-order valence-electron chi connectivity index (χ4n) is 1.31. The zero-order valence-corrected chi connectivity index (χ0v) is 11.5. The second-order valence-electron chi connectivity index (χ2n) is 3.97. The normalized spacial score (nSPS) is 16.1. The van der Waals surface area contributed by atoms with E-state index in [2.05, 4.69) is 15.9 Å². The van der Waals surface area contributed by atoms with Crippen molar-refractivity contribution in [3.05, 3.63) is 34.1 Å². The van der Waals surface area contributed by atoms with Crippen LogP contribution in [0.1, 0.15) is 25.5 Å². The monoisotopic (exact) mass is 320 g/mol. The molecule has 0 bridgehead atoms. The highest BCUT2D eigenvalue weighted by molar-refractivity contribution is 9.10. The number of hydrogen-bond acceptors (Lipinski definition) is 3. The minimum absolute atomic E-state index is 0.0793. The lowest BCUT2D eigenvalue weighted by atomic mass is 10.1. The third kappa shape index (κ3) is 3.76. The van der Waals surface area contributed by atoms with Crippen LogP contribution in [0.25, 0.3) is 0 Å². The standard InChI is InChI=1S/C12H14BrFO4/c1-6(15)7(2)18-11(12(16)17)9-5-8(13)3-4-10(9)14/h3-7,11,15H,1-2H3,(H,16,17). The third-order valence-corrected chi connectivity index (χ3v) is 2.99. The number of benzene rings is 1. The Hall–Kier alpha value is -0.980. The van der Waals surface area contributed by atoms with Gasteiger partial charge in [-0.2, -0.15) is 0 Å². The minimum atomic E-state index is -1.45. The zero-order valence-electron chi connectivity index (χ0n) is 9.93. The van der Waals surface area contributed by atoms with E-state index in [9.17, 15) is 14.3 Å². The smallest absolute Gasteiger partial charge is 0.337 e. The number of halogens is 2. The van der Waals surface area contributed by atoms with Gasteiger partial charge in [0.2, 0.25) is 0 Å². The van der Waals surface area contributed by atoms with Gasteiger partial charge in [-0.15, -0.1) is 0 Å². The zero-order chi connectivity index (χ0) is 13.9. The van der Waals surface area contributed by atoms with Gasteiger partial charge in [0.1, 0.15) is 5.82 Å². The first-order valence-electron chi connectivity index (χ1n) is 5.34. The lowest BCUT2D eigenvalue weighted by Gasteiger charge is -2.22. The van der Waals surface area contributed by atoms with Crippen molar-refractivity contribution in [3.8, 4) is 0 Å². The maximum absolute atomic E-state index is 13.6. The van der Waals surface area contributed by atoms with E-state index in [-0.39, 0.29) is 5.56 Å². The van der Waals surface area contributed by atoms with Crippen LogP contribution in [0.5, 0.6) is 0 Å². The van der Waals surface area contributed by atoms with E-state index < -0.39 is 30.1 Å². The van der Waals surface area contributed by atoms with Crippen LogP contribution in [0, 0.1) is 5.82 Å². The molecule has 0 saturated heterocycles. The van der Waals surface area contributed by atoms with Crippen LogP contribution >= 0.6 is 15.9 Å². The molecule has 3 atom stereocenters. The number of ether oxygens (including phenoxy) is 1. The number of carboxylic acids is 1. The third-order valence-electron chi connectivity index (χ3n) is 2.49. The van der Waals surface area contributed by atoms with E-state index in [1.54, 1.807) is 0 Å². The van der Waals surface area contributed by atoms with E-state index in [0.29, 0.717) is 4.47 Å². The Kier molecular flexibility index (Phi) is 5.25. The number of aliphatic carboxylic acids is 1. The molecule has 0 radical (unpaired) electrons. The SMILES string of the molecule is CC(O)C(C)OC(C(=O)O)c1cc(Br)ccc1F. The van der Waals surface area contributed by atoms with E-state index in [1.807, 2.05) is 0 Å². The van der Waals surface area contributed by atoms with E-state index in [0.717, 1.165) is 6.07 Å². The first kappa shape index (κ1) is 15.1. The number of carbonyl (C=O) groups is 1. The predicted molar refractivity (Wildman–Crippen MR) is 66.7 cm³/mol. The van der Waals surface area contributed by atoms with Gasteiger partial charge in [0.15, 0.2) is 6.10 Å². The summed E-state index contributed by atoms with van der Waals surface area (Å²) < 4.78 is 19.3. The summed E-state index contributed by atoms with van der Waals surface area (Å²) >= 11 is 3.14. The highest BCUT2D eigenvalue weighted by atomic mass is 79.9. The molecule has 1 rings (SSSR count). The average molecular weight is 321 g/mol. The summed E-state index contributed by atoms with van der Waals surface area (Å²) in [5.74, 6) is -1.97. The molecular formula is C12H14BrFO4. The molecule has 4 nitrogen and oxygen atoms in total. The topological polar surface area (TPSA) is 66.8 Å². The van der Waals surface area contributed by atoms with E-state index in [1.165, 1.54) is 26.0 Å². The van der Waals surface area contributed by atoms with Crippen molar-refractivity contribution in [3.63, 3.8) is 0 Å². The summed E-state index contributed by atoms with van der Waals surface area (Å²) in [5, 5.41) is 18.4. The molecular weight excluding hydrogens is 307 g/mol. The van der Waals surface area contributed by atoms with E-state index in [4.69, 9.17) is 9.84 Å². The van der Waals surface area contributed by atoms with Crippen molar-refractivity contribution < 1.29 is 24.1 Å². The van der Waals surface area contributed by atoms with Crippen molar-refractivity contribution >= 4 is 21.9 Å². The van der Waals surface area contributed by atoms with E-state index >= 15 is 0 Å². The quantitative estimate of drug-likeness (QED) is 0.874. The molecule has 0 aliphatic heterocycles. The first-order valence-corrected chi connectivity index (χ1v) is 6.13. The van der Waals surface area contributed by atoms with Gasteiger partial charge in [0.25, 0.3) is 0 Å². The number of rotatable bonds is 5. The van der Waals surface area contributed by atoms with Crippen LogP contribution in [0.3, 0.4) is 0 Å². The molecule has 0 aliphatic rings. The first-order chi connectivity index (χ1) is 8.32. The lowest BCUT2D eigenvalue weighted by Crippen LogP contribution is -2.28. The molecule has 6 heteroatoms. The van der Waals surface area contributed by atoms with Gasteiger partial charge in [-0.1, -0.05) is 15.9 Å². The Morgan fingerprint density at radius 2 is 2.06 bits per heavy atom. The summed E-state index contributed by atoms with van der Waals surface area (Å²) in [6.45, 7) is 3.00. The summed E-state index contributed by atoms with van der Waals surface area (Å²) in [6.07, 6.45) is -3.02. The molecule has 3 unspecified atom stereocenters. The molecule has 18 heavy (non-hydrogen) atoms. The number of aliphatic hydroxyl groups is 1. The number of hydrogen-bond donors (Lipinski definition) is 2. The molecule has 100 valence electrons. The van der Waals surface area contributed by atoms with Crippen molar-refractivity contribution in [1.82, 2.24) is 0 Å². The molecule has 0 heterocycles. The minimum Gasteiger partial charge on any atom is -0.479 e. The summed E-state index contributed by atoms with van der Waals surface area (Å²) in [5.41, 5.74) is -0.0793. The van der Waals surface area contributed by atoms with Gasteiger partial charge in [-0.25, -0.2) is 9.18 Å². The molecule has 0 fully saturated rings. The highest BCUT2D eigenvalue weighted by Crippen LogP contribution is 2.26. The van der Waals surface area contributed by atoms with Gasteiger partial charge >= 0.3 is 5.97 Å². The fourth-order valence-corrected chi connectivity index (χ4v) is 1.69. The van der Waals surface area contributed by atoms with Crippen molar-refractivity contribution in [2.75, 3.05) is 0 Å². The van der Waals surface area contributed by atoms with Gasteiger partial charge in [-0.05, 0) is 32.0 Å². The summed E-state index contributed by atoms with van der Waals surface area (Å²) in [6, 6.07) is 3.98. The van der Waals surface area contributed by atoms with Crippen molar-refractivity contribution in [2.45, 2.75) is 32.2 Å². The van der Waals surface area contributed by atoms with Crippen LogP contribution in [0.15, 0.2) is 22.7 Å². The van der Waals surface area contributed by atoms with Gasteiger partial charge in [0.05, 0.1) is 12.2 Å². The maximum atomic E-state index is 13.6. The Balaban J connectivity index is 3.05. The molecule has 0 amide bonds. The Bertz CT molecular complexity index is 436. The molecule has 0 aromatic heterocycles. The number of carboxylic acid groups (broad SMARTS) is 1. The highest BCUT2D eigenvalue weighted by Gasteiger charge is 2.27. The fraction of sp³-hybridized carbons (Fsp3) is 0.417. The average Bonchev–Trinajstić information content (AvgIpc) is 2.28. The molecule has 1 aromatic rings. The molecule has 0 aliphatic carbocycles. The van der Waals surface area contributed by atoms with Gasteiger partial charge < -0.3 is 14.9 Å². The van der Waals surface area contributed by atoms with Crippen molar-refractivity contribution in [1.29, 1.82) is 0 Å². The Morgan fingerprint density at radius 1 is 1.44 bits per heavy atom. The molecule has 0 saturated carbocycles. The largest absolute Gasteiger partial charge is 0.479 e. The summed E-state index contributed by atoms with van der Waals surface area (Å²) in [7, 11) is 0. The van der Waals surface area contributed by atoms with Crippen LogP contribution < -0.4 is 0 Å². The lowest BCUT2D eigenvalue weighted by molar-refractivity contribution is -0.158. The Morgan fingerprint density at radius 3 is 2.56 bits per heavy atom. The van der Waals surface area contributed by atoms with Crippen LogP contribution in [-0.4, -0.2) is 28.4 Å². The summed E-state index contributed by atoms with van der Waals surface area (Å²) in [4.78, 5) is 11.1. The Labute approximate surface area is 113 Å². The maximum Gasteiger partial charge on any atom is 0.337 e. The molecule has 1 aromatic carbocycles. The number of aliphatic hydroxyl groups excluding tert-OH is 1. The van der Waals surface area contributed by atoms with Crippen LogP contribution in [0.2, 0.25) is 0 Å². The van der Waals surface area contributed by atoms with Crippen LogP contribution in [0.4, 0.5) is 4.39 Å². The van der Waals surface area contributed by atoms with Gasteiger partial charge in [0, 0.05) is 10.0 Å². The second kappa shape index (κ2) is 6.26. The molecule has 0 spiro atoms.